The minimum atomic E-state index is -5.33. The van der Waals surface area contributed by atoms with Crippen LogP contribution in [0.25, 0.3) is 5.83 Å². The number of hydrogen-bond acceptors (Lipinski definition) is 2. The molecule has 2 rings (SSSR count). The molecule has 0 aromatic heterocycles. The molecule has 0 bridgehead atoms. The fourth-order valence-corrected chi connectivity index (χ4v) is 4.25. The van der Waals surface area contributed by atoms with Crippen LogP contribution < -0.4 is 5.32 Å². The molecule has 0 saturated heterocycles. The third-order valence-corrected chi connectivity index (χ3v) is 7.29. The maximum Gasteiger partial charge on any atom is 0.417 e. The summed E-state index contributed by atoms with van der Waals surface area (Å²) in [5.41, 5.74) is -4.54. The summed E-state index contributed by atoms with van der Waals surface area (Å²) in [5.74, 6) is -7.26. The van der Waals surface area contributed by atoms with Crippen molar-refractivity contribution in [3.63, 3.8) is 0 Å². The lowest BCUT2D eigenvalue weighted by Gasteiger charge is -2.23. The van der Waals surface area contributed by atoms with E-state index in [1.54, 1.807) is 0 Å². The highest BCUT2D eigenvalue weighted by Gasteiger charge is 2.41. The molecule has 2 aromatic rings. The van der Waals surface area contributed by atoms with Gasteiger partial charge in [0.1, 0.15) is 24.3 Å². The average molecular weight is 706 g/mol. The summed E-state index contributed by atoms with van der Waals surface area (Å²) in [7, 11) is 0.758. The van der Waals surface area contributed by atoms with Crippen LogP contribution in [0.15, 0.2) is 40.9 Å². The standard InChI is InChI=1S/C24H17BrCl2F10N2O2/c1-10(21(41)39(2)9-22(29,30)31)38-20(40)13-4-3-11(5-15(13)24(35,36)37)18(28)8-14(23(32,33)34)12-6-16(26)19(25)17(27)7-12/h3-8,10,14H,9H2,1-2H3,(H,38,40)/b18-8-. The second-order valence-corrected chi connectivity index (χ2v) is 10.2. The predicted octanol–water partition coefficient (Wildman–Crippen LogP) is 8.57. The van der Waals surface area contributed by atoms with Crippen molar-refractivity contribution >= 4 is 56.8 Å². The van der Waals surface area contributed by atoms with E-state index >= 15 is 0 Å². The first-order chi connectivity index (χ1) is 18.5. The van der Waals surface area contributed by atoms with E-state index in [4.69, 9.17) is 23.2 Å². The Balaban J connectivity index is 2.47. The van der Waals surface area contributed by atoms with Crippen LogP contribution in [-0.4, -0.2) is 48.7 Å². The summed E-state index contributed by atoms with van der Waals surface area (Å²) in [6, 6.07) is 1.09. The van der Waals surface area contributed by atoms with E-state index < -0.39 is 76.9 Å². The van der Waals surface area contributed by atoms with Gasteiger partial charge in [-0.15, -0.1) is 0 Å². The lowest BCUT2D eigenvalue weighted by molar-refractivity contribution is -0.159. The molecule has 0 aliphatic rings. The van der Waals surface area contributed by atoms with Gasteiger partial charge in [0.2, 0.25) is 5.91 Å². The van der Waals surface area contributed by atoms with Gasteiger partial charge in [-0.3, -0.25) is 9.59 Å². The Hall–Kier alpha value is -2.52. The van der Waals surface area contributed by atoms with Crippen LogP contribution in [0.4, 0.5) is 43.9 Å². The van der Waals surface area contributed by atoms with Crippen molar-refractivity contribution in [2.75, 3.05) is 13.6 Å². The lowest BCUT2D eigenvalue weighted by Crippen LogP contribution is -2.48. The van der Waals surface area contributed by atoms with E-state index in [1.807, 2.05) is 5.32 Å². The number of alkyl halides is 9. The molecule has 0 fully saturated rings. The van der Waals surface area contributed by atoms with Gasteiger partial charge in [0.25, 0.3) is 5.91 Å². The number of halogens is 13. The molecule has 17 heteroatoms. The van der Waals surface area contributed by atoms with E-state index in [0.717, 1.165) is 26.1 Å². The van der Waals surface area contributed by atoms with Crippen LogP contribution in [0.1, 0.15) is 39.9 Å². The van der Waals surface area contributed by atoms with E-state index in [9.17, 15) is 53.5 Å². The van der Waals surface area contributed by atoms with Crippen LogP contribution in [0, 0.1) is 0 Å². The molecule has 2 unspecified atom stereocenters. The highest BCUT2D eigenvalue weighted by Crippen LogP contribution is 2.43. The molecule has 0 radical (unpaired) electrons. The molecular formula is C24H17BrCl2F10N2O2. The van der Waals surface area contributed by atoms with Crippen LogP contribution in [-0.2, 0) is 11.0 Å². The maximum absolute atomic E-state index is 15.0. The van der Waals surface area contributed by atoms with Crippen molar-refractivity contribution in [1.29, 1.82) is 0 Å². The number of rotatable bonds is 7. The first kappa shape index (κ1) is 34.7. The van der Waals surface area contributed by atoms with Gasteiger partial charge >= 0.3 is 18.5 Å². The van der Waals surface area contributed by atoms with E-state index in [-0.39, 0.29) is 31.6 Å². The Kier molecular flexibility index (Phi) is 10.8. The summed E-state index contributed by atoms with van der Waals surface area (Å²) in [5, 5.41) is 1.33. The SMILES string of the molecule is CC(NC(=O)c1ccc(/C(F)=C/C(c2cc(Cl)c(Br)c(Cl)c2)C(F)(F)F)cc1C(F)(F)F)C(=O)N(C)CC(F)(F)F. The number of carbonyl (C=O) groups is 2. The molecule has 2 amide bonds. The summed E-state index contributed by atoms with van der Waals surface area (Å²) >= 11 is 14.6. The minimum Gasteiger partial charge on any atom is -0.341 e. The smallest absolute Gasteiger partial charge is 0.341 e. The first-order valence-electron chi connectivity index (χ1n) is 11.0. The summed E-state index contributed by atoms with van der Waals surface area (Å²) < 4.78 is 135. The highest BCUT2D eigenvalue weighted by atomic mass is 79.9. The summed E-state index contributed by atoms with van der Waals surface area (Å²) in [6.07, 6.45) is -15.2. The largest absolute Gasteiger partial charge is 0.417 e. The van der Waals surface area contributed by atoms with Gasteiger partial charge in [-0.2, -0.15) is 39.5 Å². The third kappa shape index (κ3) is 9.23. The number of hydrogen-bond donors (Lipinski definition) is 1. The molecule has 2 aromatic carbocycles. The number of benzene rings is 2. The lowest BCUT2D eigenvalue weighted by atomic mass is 9.95. The number of carbonyl (C=O) groups excluding carboxylic acids is 2. The van der Waals surface area contributed by atoms with E-state index in [2.05, 4.69) is 15.9 Å². The molecule has 226 valence electrons. The predicted molar refractivity (Wildman–Crippen MR) is 134 cm³/mol. The fraction of sp³-hybridized carbons (Fsp3) is 0.333. The second-order valence-electron chi connectivity index (χ2n) is 8.60. The summed E-state index contributed by atoms with van der Waals surface area (Å²) in [6.45, 7) is -0.771. The number of allylic oxidation sites excluding steroid dienone is 1. The minimum absolute atomic E-state index is 0.00234. The first-order valence-corrected chi connectivity index (χ1v) is 12.5. The van der Waals surface area contributed by atoms with Crippen molar-refractivity contribution < 1.29 is 53.5 Å². The molecule has 0 saturated carbocycles. The number of amides is 2. The third-order valence-electron chi connectivity index (χ3n) is 5.39. The number of nitrogens with one attached hydrogen (secondary N) is 1. The van der Waals surface area contributed by atoms with Crippen LogP contribution >= 0.6 is 39.1 Å². The van der Waals surface area contributed by atoms with Gasteiger partial charge in [0.15, 0.2) is 0 Å². The zero-order chi connectivity index (χ0) is 31.7. The van der Waals surface area contributed by atoms with Gasteiger partial charge in [-0.1, -0.05) is 29.3 Å². The van der Waals surface area contributed by atoms with E-state index in [1.165, 1.54) is 0 Å². The molecule has 0 heterocycles. The van der Waals surface area contributed by atoms with Gasteiger partial charge in [0.05, 0.1) is 25.6 Å². The Bertz CT molecular complexity index is 1320. The Labute approximate surface area is 244 Å². The normalized spacial score (nSPS) is 14.5. The molecule has 41 heavy (non-hydrogen) atoms. The van der Waals surface area contributed by atoms with Crippen molar-refractivity contribution in [2.45, 2.75) is 37.4 Å². The van der Waals surface area contributed by atoms with E-state index in [0.29, 0.717) is 12.1 Å². The molecule has 0 aliphatic carbocycles. The Morgan fingerprint density at radius 2 is 1.54 bits per heavy atom. The van der Waals surface area contributed by atoms with Crippen molar-refractivity contribution in [1.82, 2.24) is 10.2 Å². The molecule has 2 atom stereocenters. The zero-order valence-corrected chi connectivity index (χ0v) is 23.6. The average Bonchev–Trinajstić information content (AvgIpc) is 2.82. The maximum atomic E-state index is 15.0. The van der Waals surface area contributed by atoms with Crippen molar-refractivity contribution in [2.24, 2.45) is 0 Å². The van der Waals surface area contributed by atoms with Gasteiger partial charge < -0.3 is 10.2 Å². The quantitative estimate of drug-likeness (QED) is 0.232. The number of likely N-dealkylation sites (N-methyl/N-ethyl adjacent to an activating group) is 1. The molecular weight excluding hydrogens is 689 g/mol. The summed E-state index contributed by atoms with van der Waals surface area (Å²) in [4.78, 5) is 24.8. The van der Waals surface area contributed by atoms with Gasteiger partial charge in [0, 0.05) is 12.6 Å². The second kappa shape index (κ2) is 12.8. The Morgan fingerprint density at radius 1 is 1.00 bits per heavy atom. The molecule has 0 spiro atoms. The van der Waals surface area contributed by atoms with Crippen LogP contribution in [0.5, 0.6) is 0 Å². The topological polar surface area (TPSA) is 49.4 Å². The zero-order valence-electron chi connectivity index (χ0n) is 20.5. The van der Waals surface area contributed by atoms with Crippen LogP contribution in [0.2, 0.25) is 10.0 Å². The molecule has 0 aliphatic heterocycles. The van der Waals surface area contributed by atoms with Gasteiger partial charge in [-0.25, -0.2) is 4.39 Å². The van der Waals surface area contributed by atoms with Crippen molar-refractivity contribution in [3.8, 4) is 0 Å². The monoisotopic (exact) mass is 704 g/mol. The van der Waals surface area contributed by atoms with Gasteiger partial charge in [-0.05, 0) is 58.8 Å². The Morgan fingerprint density at radius 3 is 2.00 bits per heavy atom. The van der Waals surface area contributed by atoms with Crippen LogP contribution in [0.3, 0.4) is 0 Å². The highest BCUT2D eigenvalue weighted by molar-refractivity contribution is 9.10. The molecule has 1 N–H and O–H groups in total. The fourth-order valence-electron chi connectivity index (χ4n) is 3.52. The van der Waals surface area contributed by atoms with Crippen molar-refractivity contribution in [3.05, 3.63) is 73.2 Å². The number of nitrogens with zero attached hydrogens (tertiary/aromatic N) is 1. The molecule has 4 nitrogen and oxygen atoms in total.